The largest absolute Gasteiger partial charge is 0.393 e. The van der Waals surface area contributed by atoms with Crippen molar-refractivity contribution in [2.24, 2.45) is 11.8 Å². The first-order valence-electron chi connectivity index (χ1n) is 6.49. The number of esters is 2. The van der Waals surface area contributed by atoms with Crippen LogP contribution in [-0.4, -0.2) is 11.9 Å². The van der Waals surface area contributed by atoms with Gasteiger partial charge in [0.25, 0.3) is 0 Å². The lowest BCUT2D eigenvalue weighted by Crippen LogP contribution is -2.30. The number of unbranched alkanes of at least 4 members (excludes halogenated alkanes) is 1. The van der Waals surface area contributed by atoms with E-state index in [1.807, 2.05) is 6.92 Å². The van der Waals surface area contributed by atoms with E-state index in [0.29, 0.717) is 0 Å². The van der Waals surface area contributed by atoms with E-state index in [1.54, 1.807) is 0 Å². The molecule has 0 radical (unpaired) electrons. The predicted molar refractivity (Wildman–Crippen MR) is 66.3 cm³/mol. The molecule has 0 aromatic rings. The highest BCUT2D eigenvalue weighted by molar-refractivity contribution is 5.88. The molecule has 0 aliphatic carbocycles. The zero-order valence-electron chi connectivity index (χ0n) is 10.8. The van der Waals surface area contributed by atoms with Crippen molar-refractivity contribution < 1.29 is 14.3 Å². The zero-order chi connectivity index (χ0) is 12.8. The van der Waals surface area contributed by atoms with Crippen LogP contribution in [0.2, 0.25) is 0 Å². The average Bonchev–Trinajstić information content (AvgIpc) is 2.24. The highest BCUT2D eigenvalue weighted by atomic mass is 16.6. The molecule has 0 spiro atoms. The third-order valence-electron chi connectivity index (χ3n) is 3.40. The molecule has 0 saturated carbocycles. The fraction of sp³-hybridized carbons (Fsp3) is 0.714. The van der Waals surface area contributed by atoms with E-state index >= 15 is 0 Å². The minimum atomic E-state index is -0.451. The molecule has 0 N–H and O–H groups in total. The summed E-state index contributed by atoms with van der Waals surface area (Å²) >= 11 is 0. The Balaban J connectivity index is 2.78. The number of hydrogen-bond acceptors (Lipinski definition) is 3. The Kier molecular flexibility index (Phi) is 5.39. The first-order chi connectivity index (χ1) is 8.08. The summed E-state index contributed by atoms with van der Waals surface area (Å²) in [6.07, 6.45) is 4.93. The Morgan fingerprint density at radius 1 is 1.35 bits per heavy atom. The lowest BCUT2D eigenvalue weighted by atomic mass is 9.80. The molecule has 2 unspecified atom stereocenters. The molecule has 1 aliphatic rings. The van der Waals surface area contributed by atoms with Crippen LogP contribution in [0.5, 0.6) is 0 Å². The van der Waals surface area contributed by atoms with E-state index in [2.05, 4.69) is 13.5 Å². The van der Waals surface area contributed by atoms with Crippen molar-refractivity contribution in [3.8, 4) is 0 Å². The third kappa shape index (κ3) is 3.99. The summed E-state index contributed by atoms with van der Waals surface area (Å²) in [6, 6.07) is 0. The second-order valence-electron chi connectivity index (χ2n) is 4.84. The van der Waals surface area contributed by atoms with E-state index in [4.69, 9.17) is 4.74 Å². The summed E-state index contributed by atoms with van der Waals surface area (Å²) in [5.41, 5.74) is 0.891. The lowest BCUT2D eigenvalue weighted by Gasteiger charge is -2.27. The van der Waals surface area contributed by atoms with Crippen molar-refractivity contribution in [2.75, 3.05) is 0 Å². The van der Waals surface area contributed by atoms with Gasteiger partial charge in [0.05, 0.1) is 12.3 Å². The lowest BCUT2D eigenvalue weighted by molar-refractivity contribution is -0.164. The number of cyclic esters (lactones) is 2. The predicted octanol–water partition coefficient (Wildman–Crippen LogP) is 3.24. The summed E-state index contributed by atoms with van der Waals surface area (Å²) in [4.78, 5) is 23.2. The molecule has 1 rings (SSSR count). The number of rotatable bonds is 4. The normalized spacial score (nSPS) is 26.4. The van der Waals surface area contributed by atoms with E-state index in [-0.39, 0.29) is 24.2 Å². The topological polar surface area (TPSA) is 43.4 Å². The fourth-order valence-corrected chi connectivity index (χ4v) is 2.48. The molecule has 0 amide bonds. The second kappa shape index (κ2) is 6.58. The van der Waals surface area contributed by atoms with Gasteiger partial charge >= 0.3 is 11.9 Å². The fourth-order valence-electron chi connectivity index (χ4n) is 2.48. The van der Waals surface area contributed by atoms with E-state index in [0.717, 1.165) is 37.7 Å². The van der Waals surface area contributed by atoms with Crippen LogP contribution in [0.25, 0.3) is 0 Å². The highest BCUT2D eigenvalue weighted by Gasteiger charge is 2.32. The SMILES string of the molecule is C=C1CC(=O)OC(=O)C(CC)C(CCCC)C1. The quantitative estimate of drug-likeness (QED) is 0.429. The number of hydrogen-bond donors (Lipinski definition) is 0. The number of carbonyl (C=O) groups is 2. The maximum atomic E-state index is 11.8. The van der Waals surface area contributed by atoms with Gasteiger partial charge in [-0.3, -0.25) is 9.59 Å². The molecule has 1 heterocycles. The van der Waals surface area contributed by atoms with Crippen molar-refractivity contribution in [3.63, 3.8) is 0 Å². The summed E-state index contributed by atoms with van der Waals surface area (Å²) in [5.74, 6) is -0.658. The summed E-state index contributed by atoms with van der Waals surface area (Å²) in [5, 5.41) is 0. The molecule has 1 fully saturated rings. The summed E-state index contributed by atoms with van der Waals surface area (Å²) in [7, 11) is 0. The van der Waals surface area contributed by atoms with Crippen LogP contribution in [0.4, 0.5) is 0 Å². The maximum absolute atomic E-state index is 11.8. The molecule has 3 nitrogen and oxygen atoms in total. The average molecular weight is 238 g/mol. The van der Waals surface area contributed by atoms with Gasteiger partial charge in [-0.25, -0.2) is 0 Å². The van der Waals surface area contributed by atoms with Crippen LogP contribution in [0.1, 0.15) is 52.4 Å². The highest BCUT2D eigenvalue weighted by Crippen LogP contribution is 2.31. The molecule has 3 heteroatoms. The molecular formula is C14H22O3. The second-order valence-corrected chi connectivity index (χ2v) is 4.84. The standard InChI is InChI=1S/C14H22O3/c1-4-6-7-11-8-10(3)9-13(15)17-14(16)12(11)5-2/h11-12H,3-9H2,1-2H3. The van der Waals surface area contributed by atoms with Crippen LogP contribution in [0, 0.1) is 11.8 Å². The Hall–Kier alpha value is -1.12. The van der Waals surface area contributed by atoms with Crippen molar-refractivity contribution in [1.29, 1.82) is 0 Å². The van der Waals surface area contributed by atoms with Gasteiger partial charge in [-0.15, -0.1) is 0 Å². The van der Waals surface area contributed by atoms with E-state index in [9.17, 15) is 9.59 Å². The number of carbonyl (C=O) groups excluding carboxylic acids is 2. The van der Waals surface area contributed by atoms with Gasteiger partial charge in [0.1, 0.15) is 0 Å². The van der Waals surface area contributed by atoms with Gasteiger partial charge in [0, 0.05) is 0 Å². The van der Waals surface area contributed by atoms with Gasteiger partial charge in [-0.2, -0.15) is 0 Å². The molecule has 2 atom stereocenters. The molecule has 1 aliphatic heterocycles. The Morgan fingerprint density at radius 2 is 2.06 bits per heavy atom. The van der Waals surface area contributed by atoms with Gasteiger partial charge < -0.3 is 4.74 Å². The van der Waals surface area contributed by atoms with Crippen LogP contribution in [0.15, 0.2) is 12.2 Å². The van der Waals surface area contributed by atoms with Crippen molar-refractivity contribution in [3.05, 3.63) is 12.2 Å². The molecule has 1 saturated heterocycles. The Bertz CT molecular complexity index is 307. The van der Waals surface area contributed by atoms with Crippen LogP contribution in [0.3, 0.4) is 0 Å². The Labute approximate surface area is 103 Å². The smallest absolute Gasteiger partial charge is 0.317 e. The van der Waals surface area contributed by atoms with Crippen molar-refractivity contribution in [1.82, 2.24) is 0 Å². The summed E-state index contributed by atoms with van der Waals surface area (Å²) < 4.78 is 4.84. The zero-order valence-corrected chi connectivity index (χ0v) is 10.8. The molecule has 96 valence electrons. The minimum Gasteiger partial charge on any atom is -0.393 e. The molecule has 0 bridgehead atoms. The van der Waals surface area contributed by atoms with Gasteiger partial charge in [0.2, 0.25) is 0 Å². The van der Waals surface area contributed by atoms with Gasteiger partial charge in [-0.05, 0) is 25.2 Å². The Morgan fingerprint density at radius 3 is 2.65 bits per heavy atom. The third-order valence-corrected chi connectivity index (χ3v) is 3.40. The molecule has 0 aromatic heterocycles. The van der Waals surface area contributed by atoms with Gasteiger partial charge in [0.15, 0.2) is 0 Å². The van der Waals surface area contributed by atoms with Crippen LogP contribution < -0.4 is 0 Å². The minimum absolute atomic E-state index is 0.150. The van der Waals surface area contributed by atoms with Crippen LogP contribution >= 0.6 is 0 Å². The van der Waals surface area contributed by atoms with Crippen molar-refractivity contribution in [2.45, 2.75) is 52.4 Å². The molecular weight excluding hydrogens is 216 g/mol. The summed E-state index contributed by atoms with van der Waals surface area (Å²) in [6.45, 7) is 8.02. The molecule has 17 heavy (non-hydrogen) atoms. The maximum Gasteiger partial charge on any atom is 0.317 e. The van der Waals surface area contributed by atoms with Gasteiger partial charge in [-0.1, -0.05) is 38.8 Å². The first-order valence-corrected chi connectivity index (χ1v) is 6.49. The first kappa shape index (κ1) is 13.9. The van der Waals surface area contributed by atoms with E-state index in [1.165, 1.54) is 0 Å². The van der Waals surface area contributed by atoms with E-state index < -0.39 is 5.97 Å². The van der Waals surface area contributed by atoms with Crippen LogP contribution in [-0.2, 0) is 14.3 Å². The van der Waals surface area contributed by atoms with Crippen molar-refractivity contribution >= 4 is 11.9 Å². The molecule has 0 aromatic carbocycles. The monoisotopic (exact) mass is 238 g/mol. The number of ether oxygens (including phenoxy) is 1.